The molecule has 0 aliphatic carbocycles. The van der Waals surface area contributed by atoms with Gasteiger partial charge in [-0.15, -0.1) is 0 Å². The van der Waals surface area contributed by atoms with Crippen molar-refractivity contribution in [2.45, 2.75) is 6.92 Å². The molecule has 0 atom stereocenters. The van der Waals surface area contributed by atoms with E-state index >= 15 is 0 Å². The number of rotatable bonds is 2. The SMILES string of the molecule is CCOc1cccc2c1NCCN2. The average Bonchev–Trinajstić information content (AvgIpc) is 2.19. The second kappa shape index (κ2) is 3.56. The van der Waals surface area contributed by atoms with Crippen molar-refractivity contribution in [2.75, 3.05) is 30.3 Å². The fourth-order valence-electron chi connectivity index (χ4n) is 1.52. The standard InChI is InChI=1S/C10H14N2O/c1-2-13-9-5-3-4-8-10(9)12-7-6-11-8/h3-5,11-12H,2,6-7H2,1H3. The molecule has 1 heterocycles. The van der Waals surface area contributed by atoms with Crippen LogP contribution in [0.5, 0.6) is 5.75 Å². The van der Waals surface area contributed by atoms with E-state index in [0.29, 0.717) is 6.61 Å². The summed E-state index contributed by atoms with van der Waals surface area (Å²) in [5.74, 6) is 0.937. The molecule has 0 radical (unpaired) electrons. The predicted octanol–water partition coefficient (Wildman–Crippen LogP) is 1.92. The zero-order chi connectivity index (χ0) is 9.10. The molecule has 2 rings (SSSR count). The van der Waals surface area contributed by atoms with Crippen molar-refractivity contribution < 1.29 is 4.74 Å². The minimum absolute atomic E-state index is 0.706. The van der Waals surface area contributed by atoms with Crippen molar-refractivity contribution in [3.05, 3.63) is 18.2 Å². The number of nitrogens with one attached hydrogen (secondary N) is 2. The minimum Gasteiger partial charge on any atom is -0.492 e. The van der Waals surface area contributed by atoms with Crippen LogP contribution < -0.4 is 15.4 Å². The Kier molecular flexibility index (Phi) is 2.25. The summed E-state index contributed by atoms with van der Waals surface area (Å²) in [6.07, 6.45) is 0. The lowest BCUT2D eigenvalue weighted by Crippen LogP contribution is -2.21. The Labute approximate surface area is 78.1 Å². The number of ether oxygens (including phenoxy) is 1. The van der Waals surface area contributed by atoms with Crippen LogP contribution in [-0.2, 0) is 0 Å². The van der Waals surface area contributed by atoms with Crippen molar-refractivity contribution in [1.29, 1.82) is 0 Å². The summed E-state index contributed by atoms with van der Waals surface area (Å²) in [6.45, 7) is 4.63. The third-order valence-corrected chi connectivity index (χ3v) is 2.07. The van der Waals surface area contributed by atoms with Crippen LogP contribution in [0.15, 0.2) is 18.2 Å². The zero-order valence-corrected chi connectivity index (χ0v) is 7.76. The Hall–Kier alpha value is -1.38. The number of anilines is 2. The van der Waals surface area contributed by atoms with E-state index in [4.69, 9.17) is 4.74 Å². The van der Waals surface area contributed by atoms with Gasteiger partial charge in [0.25, 0.3) is 0 Å². The van der Waals surface area contributed by atoms with Gasteiger partial charge in [-0.25, -0.2) is 0 Å². The zero-order valence-electron chi connectivity index (χ0n) is 7.76. The highest BCUT2D eigenvalue weighted by atomic mass is 16.5. The van der Waals surface area contributed by atoms with E-state index in [9.17, 15) is 0 Å². The number of fused-ring (bicyclic) bond motifs is 1. The van der Waals surface area contributed by atoms with E-state index < -0.39 is 0 Å². The van der Waals surface area contributed by atoms with Gasteiger partial charge in [-0.2, -0.15) is 0 Å². The Morgan fingerprint density at radius 2 is 2.15 bits per heavy atom. The first-order valence-corrected chi connectivity index (χ1v) is 4.65. The van der Waals surface area contributed by atoms with Gasteiger partial charge in [0.15, 0.2) is 0 Å². The summed E-state index contributed by atoms with van der Waals surface area (Å²) in [6, 6.07) is 6.05. The normalized spacial score (nSPS) is 13.9. The lowest BCUT2D eigenvalue weighted by molar-refractivity contribution is 0.342. The maximum absolute atomic E-state index is 5.50. The number of hydrogen-bond acceptors (Lipinski definition) is 3. The van der Waals surface area contributed by atoms with Crippen molar-refractivity contribution >= 4 is 11.4 Å². The van der Waals surface area contributed by atoms with E-state index in [1.165, 1.54) is 0 Å². The van der Waals surface area contributed by atoms with Crippen molar-refractivity contribution in [1.82, 2.24) is 0 Å². The molecule has 13 heavy (non-hydrogen) atoms. The molecule has 70 valence electrons. The van der Waals surface area contributed by atoms with E-state index in [0.717, 1.165) is 30.2 Å². The number of para-hydroxylation sites is 1. The molecule has 1 aliphatic heterocycles. The highest BCUT2D eigenvalue weighted by molar-refractivity contribution is 5.77. The number of hydrogen-bond donors (Lipinski definition) is 2. The molecule has 0 bridgehead atoms. The molecular weight excluding hydrogens is 164 g/mol. The van der Waals surface area contributed by atoms with Crippen LogP contribution in [-0.4, -0.2) is 19.7 Å². The largest absolute Gasteiger partial charge is 0.492 e. The monoisotopic (exact) mass is 178 g/mol. The first kappa shape index (κ1) is 8.23. The van der Waals surface area contributed by atoms with Gasteiger partial charge in [-0.3, -0.25) is 0 Å². The van der Waals surface area contributed by atoms with Gasteiger partial charge in [-0.05, 0) is 19.1 Å². The van der Waals surface area contributed by atoms with Crippen LogP contribution in [0.2, 0.25) is 0 Å². The molecular formula is C10H14N2O. The van der Waals surface area contributed by atoms with Crippen LogP contribution in [0.3, 0.4) is 0 Å². The Balaban J connectivity index is 2.34. The van der Waals surface area contributed by atoms with Gasteiger partial charge in [0, 0.05) is 13.1 Å². The molecule has 0 fully saturated rings. The Morgan fingerprint density at radius 1 is 1.31 bits per heavy atom. The third kappa shape index (κ3) is 1.54. The van der Waals surface area contributed by atoms with Crippen LogP contribution >= 0.6 is 0 Å². The third-order valence-electron chi connectivity index (χ3n) is 2.07. The molecule has 0 spiro atoms. The van der Waals surface area contributed by atoms with Gasteiger partial charge in [0.1, 0.15) is 11.4 Å². The Morgan fingerprint density at radius 3 is 3.00 bits per heavy atom. The van der Waals surface area contributed by atoms with Crippen molar-refractivity contribution in [3.63, 3.8) is 0 Å². The summed E-state index contributed by atoms with van der Waals surface area (Å²) < 4.78 is 5.50. The Bertz CT molecular complexity index is 299. The van der Waals surface area contributed by atoms with Crippen LogP contribution in [0.4, 0.5) is 11.4 Å². The van der Waals surface area contributed by atoms with Crippen LogP contribution in [0.1, 0.15) is 6.92 Å². The summed E-state index contributed by atoms with van der Waals surface area (Å²) in [4.78, 5) is 0. The van der Waals surface area contributed by atoms with Gasteiger partial charge < -0.3 is 15.4 Å². The highest BCUT2D eigenvalue weighted by Crippen LogP contribution is 2.33. The van der Waals surface area contributed by atoms with E-state index in [1.54, 1.807) is 0 Å². The minimum atomic E-state index is 0.706. The lowest BCUT2D eigenvalue weighted by Gasteiger charge is -2.22. The van der Waals surface area contributed by atoms with Crippen LogP contribution in [0.25, 0.3) is 0 Å². The molecule has 3 heteroatoms. The first-order valence-electron chi connectivity index (χ1n) is 4.65. The summed E-state index contributed by atoms with van der Waals surface area (Å²) in [7, 11) is 0. The predicted molar refractivity (Wildman–Crippen MR) is 54.6 cm³/mol. The quantitative estimate of drug-likeness (QED) is 0.726. The average molecular weight is 178 g/mol. The van der Waals surface area contributed by atoms with Crippen molar-refractivity contribution in [2.24, 2.45) is 0 Å². The molecule has 0 aromatic heterocycles. The maximum atomic E-state index is 5.50. The molecule has 1 aliphatic rings. The fraction of sp³-hybridized carbons (Fsp3) is 0.400. The highest BCUT2D eigenvalue weighted by Gasteiger charge is 2.11. The lowest BCUT2D eigenvalue weighted by atomic mass is 10.2. The summed E-state index contributed by atoms with van der Waals surface area (Å²) in [5.41, 5.74) is 2.23. The van der Waals surface area contributed by atoms with E-state index in [1.807, 2.05) is 19.1 Å². The molecule has 2 N–H and O–H groups in total. The molecule has 3 nitrogen and oxygen atoms in total. The molecule has 0 amide bonds. The topological polar surface area (TPSA) is 33.3 Å². The summed E-state index contributed by atoms with van der Waals surface area (Å²) in [5, 5.41) is 6.65. The van der Waals surface area contributed by atoms with Gasteiger partial charge in [0.05, 0.1) is 12.3 Å². The van der Waals surface area contributed by atoms with Crippen LogP contribution in [0, 0.1) is 0 Å². The maximum Gasteiger partial charge on any atom is 0.144 e. The smallest absolute Gasteiger partial charge is 0.144 e. The number of benzene rings is 1. The van der Waals surface area contributed by atoms with Gasteiger partial charge in [0.2, 0.25) is 0 Å². The molecule has 0 saturated heterocycles. The van der Waals surface area contributed by atoms with Crippen molar-refractivity contribution in [3.8, 4) is 5.75 Å². The fourth-order valence-corrected chi connectivity index (χ4v) is 1.52. The van der Waals surface area contributed by atoms with Gasteiger partial charge >= 0.3 is 0 Å². The molecule has 1 aromatic carbocycles. The molecule has 1 aromatic rings. The molecule has 0 saturated carbocycles. The first-order chi connectivity index (χ1) is 6.42. The summed E-state index contributed by atoms with van der Waals surface area (Å²) >= 11 is 0. The molecule has 0 unspecified atom stereocenters. The van der Waals surface area contributed by atoms with Gasteiger partial charge in [-0.1, -0.05) is 6.07 Å². The van der Waals surface area contributed by atoms with E-state index in [-0.39, 0.29) is 0 Å². The van der Waals surface area contributed by atoms with E-state index in [2.05, 4.69) is 16.7 Å². The second-order valence-electron chi connectivity index (χ2n) is 2.97. The second-order valence-corrected chi connectivity index (χ2v) is 2.97.